The van der Waals surface area contributed by atoms with Crippen molar-refractivity contribution in [2.24, 2.45) is 17.3 Å². The van der Waals surface area contributed by atoms with E-state index in [0.717, 1.165) is 16.7 Å². The van der Waals surface area contributed by atoms with E-state index in [-0.39, 0.29) is 30.4 Å². The van der Waals surface area contributed by atoms with Gasteiger partial charge in [-0.3, -0.25) is 9.59 Å². The van der Waals surface area contributed by atoms with Crippen LogP contribution in [0.5, 0.6) is 0 Å². The molecule has 5 atom stereocenters. The summed E-state index contributed by atoms with van der Waals surface area (Å²) in [5, 5.41) is 11.4. The molecule has 2 fully saturated rings. The van der Waals surface area contributed by atoms with Crippen LogP contribution in [0.15, 0.2) is 47.1 Å². The van der Waals surface area contributed by atoms with E-state index in [4.69, 9.17) is 0 Å². The Morgan fingerprint density at radius 3 is 2.29 bits per heavy atom. The molecule has 4 aliphatic rings. The average Bonchev–Trinajstić information content (AvgIpc) is 3.21. The van der Waals surface area contributed by atoms with Gasteiger partial charge in [-0.15, -0.1) is 0 Å². The first-order chi connectivity index (χ1) is 19.5. The molecule has 42 heavy (non-hydrogen) atoms. The number of halogens is 5. The van der Waals surface area contributed by atoms with Gasteiger partial charge in [0.1, 0.15) is 5.60 Å². The van der Waals surface area contributed by atoms with Gasteiger partial charge in [0.2, 0.25) is 0 Å². The number of rotatable bonds is 6. The summed E-state index contributed by atoms with van der Waals surface area (Å²) >= 11 is 0. The molecule has 0 aliphatic heterocycles. The van der Waals surface area contributed by atoms with E-state index >= 15 is 8.78 Å². The topological polar surface area (TPSA) is 60.9 Å². The number of hydrogen-bond acceptors (Lipinski definition) is 4. The molecule has 0 bridgehead atoms. The summed E-state index contributed by atoms with van der Waals surface area (Å²) in [5.74, 6) is -6.80. The largest absolute Gasteiger partial charge is 0.456 e. The molecule has 0 heterocycles. The van der Waals surface area contributed by atoms with Crippen molar-refractivity contribution >= 4 is 11.7 Å². The van der Waals surface area contributed by atoms with E-state index in [1.807, 2.05) is 19.0 Å². The highest BCUT2D eigenvalue weighted by atomic mass is 19.4. The van der Waals surface area contributed by atoms with E-state index < -0.39 is 41.4 Å². The zero-order valence-electron chi connectivity index (χ0n) is 24.5. The zero-order valence-corrected chi connectivity index (χ0v) is 24.5. The van der Waals surface area contributed by atoms with Gasteiger partial charge in [0, 0.05) is 43.5 Å². The number of aliphatic hydroxyl groups is 1. The number of ketones is 1. The molecule has 5 rings (SSSR count). The molecule has 10 heteroatoms. The first kappa shape index (κ1) is 30.9. The second kappa shape index (κ2) is 10.5. The minimum absolute atomic E-state index is 0.0336. The van der Waals surface area contributed by atoms with Gasteiger partial charge in [0.25, 0.3) is 5.91 Å². The molecule has 2 unspecified atom stereocenters. The third-order valence-corrected chi connectivity index (χ3v) is 10.6. The maximum absolute atomic E-state index is 15.2. The summed E-state index contributed by atoms with van der Waals surface area (Å²) in [5.41, 5.74) is -0.864. The fraction of sp³-hybridized carbons (Fsp3) is 0.625. The lowest BCUT2D eigenvalue weighted by Gasteiger charge is -2.56. The van der Waals surface area contributed by atoms with Crippen molar-refractivity contribution in [2.45, 2.75) is 75.5 Å². The van der Waals surface area contributed by atoms with Gasteiger partial charge in [0.15, 0.2) is 5.78 Å². The minimum atomic E-state index is -5.89. The number of benzene rings is 1. The van der Waals surface area contributed by atoms with Crippen LogP contribution >= 0.6 is 0 Å². The predicted octanol–water partition coefficient (Wildman–Crippen LogP) is 6.15. The standard InChI is InChI=1S/C32H39F5N2O3/c1-29-18-25(19-5-7-20(8-6-19)28(41)39(4)16-15-38(2)3)27-23-12-10-22(40)17-21(23)9-11-24(27)26(29)13-14-30(29,42)31(33,34)32(35,36)37/h5-8,17,24-26,42H,9-16,18H2,1-4H3/t24?,25-,26?,29+,30-/m1/s1. The normalized spacial score (nSPS) is 31.5. The van der Waals surface area contributed by atoms with Crippen LogP contribution in [-0.4, -0.2) is 78.5 Å². The molecule has 2 saturated carbocycles. The molecule has 1 aromatic rings. The minimum Gasteiger partial charge on any atom is -0.383 e. The molecule has 0 spiro atoms. The van der Waals surface area contributed by atoms with Gasteiger partial charge in [-0.2, -0.15) is 22.0 Å². The van der Waals surface area contributed by atoms with Crippen LogP contribution in [0.3, 0.4) is 0 Å². The zero-order chi connectivity index (χ0) is 30.8. The molecule has 230 valence electrons. The molecular weight excluding hydrogens is 555 g/mol. The Kier molecular flexibility index (Phi) is 7.74. The Morgan fingerprint density at radius 2 is 1.67 bits per heavy atom. The fourth-order valence-electron chi connectivity index (χ4n) is 8.24. The van der Waals surface area contributed by atoms with Crippen molar-refractivity contribution in [3.63, 3.8) is 0 Å². The van der Waals surface area contributed by atoms with Gasteiger partial charge < -0.3 is 14.9 Å². The number of carbonyl (C=O) groups is 2. The smallest absolute Gasteiger partial charge is 0.383 e. The highest BCUT2D eigenvalue weighted by molar-refractivity contribution is 5.94. The number of nitrogens with zero attached hydrogens (tertiary/aromatic N) is 2. The molecule has 1 aromatic carbocycles. The Labute approximate surface area is 243 Å². The molecule has 0 radical (unpaired) electrons. The van der Waals surface area contributed by atoms with Gasteiger partial charge >= 0.3 is 12.1 Å². The quantitative estimate of drug-likeness (QED) is 0.402. The number of carbonyl (C=O) groups excluding carboxylic acids is 2. The third-order valence-electron chi connectivity index (χ3n) is 10.6. The molecular formula is C32H39F5N2O3. The highest BCUT2D eigenvalue weighted by Crippen LogP contribution is 2.70. The number of fused-ring (bicyclic) bond motifs is 4. The summed E-state index contributed by atoms with van der Waals surface area (Å²) in [6.07, 6.45) is -2.99. The SMILES string of the molecule is CN(C)CCN(C)C(=O)c1ccc([C@H]2C[C@@]3(C)C(CC[C@]3(O)C(F)(F)C(F)(F)F)C3CCC4=CC(=O)CCC4=C32)cc1. The Balaban J connectivity index is 1.58. The maximum Gasteiger partial charge on any atom is 0.456 e. The number of likely N-dealkylation sites (N-methyl/N-ethyl adjacent to an activating group) is 2. The van der Waals surface area contributed by atoms with Crippen LogP contribution in [0.4, 0.5) is 22.0 Å². The van der Waals surface area contributed by atoms with E-state index in [2.05, 4.69) is 0 Å². The Hall–Kier alpha value is -2.59. The van der Waals surface area contributed by atoms with Crippen LogP contribution in [0.2, 0.25) is 0 Å². The van der Waals surface area contributed by atoms with Crippen LogP contribution in [-0.2, 0) is 4.79 Å². The third kappa shape index (κ3) is 4.73. The van der Waals surface area contributed by atoms with Crippen molar-refractivity contribution in [3.8, 4) is 0 Å². The van der Waals surface area contributed by atoms with Crippen LogP contribution in [0, 0.1) is 17.3 Å². The summed E-state index contributed by atoms with van der Waals surface area (Å²) < 4.78 is 71.6. The number of allylic oxidation sites excluding steroid dienone is 4. The number of amides is 1. The average molecular weight is 595 g/mol. The summed E-state index contributed by atoms with van der Waals surface area (Å²) in [6.45, 7) is 2.62. The van der Waals surface area contributed by atoms with E-state index in [9.17, 15) is 27.9 Å². The number of hydrogen-bond donors (Lipinski definition) is 1. The lowest BCUT2D eigenvalue weighted by molar-refractivity contribution is -0.362. The highest BCUT2D eigenvalue weighted by Gasteiger charge is 2.79. The Morgan fingerprint density at radius 1 is 1.00 bits per heavy atom. The van der Waals surface area contributed by atoms with Gasteiger partial charge in [-0.1, -0.05) is 24.6 Å². The van der Waals surface area contributed by atoms with Gasteiger partial charge in [-0.05, 0) is 99.4 Å². The predicted molar refractivity (Wildman–Crippen MR) is 148 cm³/mol. The van der Waals surface area contributed by atoms with Crippen LogP contribution in [0.1, 0.15) is 73.7 Å². The molecule has 4 aliphatic carbocycles. The van der Waals surface area contributed by atoms with Crippen molar-refractivity contribution in [2.75, 3.05) is 34.2 Å². The van der Waals surface area contributed by atoms with E-state index in [1.165, 1.54) is 6.92 Å². The van der Waals surface area contributed by atoms with Crippen molar-refractivity contribution in [3.05, 3.63) is 58.2 Å². The van der Waals surface area contributed by atoms with Crippen LogP contribution < -0.4 is 0 Å². The Bertz CT molecular complexity index is 1320. The first-order valence-corrected chi connectivity index (χ1v) is 14.7. The lowest BCUT2D eigenvalue weighted by Crippen LogP contribution is -2.65. The molecule has 0 aromatic heterocycles. The maximum atomic E-state index is 15.2. The monoisotopic (exact) mass is 594 g/mol. The fourth-order valence-corrected chi connectivity index (χ4v) is 8.24. The lowest BCUT2D eigenvalue weighted by atomic mass is 9.50. The summed E-state index contributed by atoms with van der Waals surface area (Å²) in [7, 11) is 5.53. The van der Waals surface area contributed by atoms with Crippen molar-refractivity contribution in [1.82, 2.24) is 9.80 Å². The molecule has 1 amide bonds. The van der Waals surface area contributed by atoms with E-state index in [0.29, 0.717) is 49.9 Å². The summed E-state index contributed by atoms with van der Waals surface area (Å²) in [6, 6.07) is 6.86. The first-order valence-electron chi connectivity index (χ1n) is 14.7. The molecule has 5 nitrogen and oxygen atoms in total. The van der Waals surface area contributed by atoms with Crippen molar-refractivity contribution < 1.29 is 36.6 Å². The number of alkyl halides is 5. The van der Waals surface area contributed by atoms with Gasteiger partial charge in [-0.25, -0.2) is 0 Å². The molecule has 1 N–H and O–H groups in total. The van der Waals surface area contributed by atoms with E-state index in [1.54, 1.807) is 42.3 Å². The van der Waals surface area contributed by atoms with Crippen LogP contribution in [0.25, 0.3) is 0 Å². The second-order valence-corrected chi connectivity index (χ2v) is 13.1. The summed E-state index contributed by atoms with van der Waals surface area (Å²) in [4.78, 5) is 28.8. The second-order valence-electron chi connectivity index (χ2n) is 13.1. The molecule has 0 saturated heterocycles. The van der Waals surface area contributed by atoms with Crippen molar-refractivity contribution in [1.29, 1.82) is 0 Å². The van der Waals surface area contributed by atoms with Gasteiger partial charge in [0.05, 0.1) is 0 Å².